The zero-order valence-electron chi connectivity index (χ0n) is 24.9. The summed E-state index contributed by atoms with van der Waals surface area (Å²) in [5.41, 5.74) is 4.12. The van der Waals surface area contributed by atoms with E-state index in [1.54, 1.807) is 27.6 Å². The van der Waals surface area contributed by atoms with Gasteiger partial charge in [0.1, 0.15) is 11.5 Å². The predicted octanol–water partition coefficient (Wildman–Crippen LogP) is 5.61. The highest BCUT2D eigenvalue weighted by Crippen LogP contribution is 2.41. The molecule has 2 heterocycles. The average Bonchev–Trinajstić information content (AvgIpc) is 3.65. The molecule has 4 aromatic carbocycles. The van der Waals surface area contributed by atoms with Crippen LogP contribution in [0.3, 0.4) is 0 Å². The lowest BCUT2D eigenvalue weighted by molar-refractivity contribution is -0.136. The number of carboxylic acids is 1. The number of phenols is 1. The largest absolute Gasteiger partial charge is 0.506 e. The van der Waals surface area contributed by atoms with Crippen LogP contribution in [0.1, 0.15) is 33.6 Å². The van der Waals surface area contributed by atoms with Crippen LogP contribution in [0.2, 0.25) is 0 Å². The lowest BCUT2D eigenvalue weighted by Gasteiger charge is -2.16. The number of carbonyl (C=O) groups is 2. The molecule has 0 bridgehead atoms. The van der Waals surface area contributed by atoms with Gasteiger partial charge in [0.2, 0.25) is 11.0 Å². The smallest absolute Gasteiger partial charge is 0.305 e. The molecule has 0 unspecified atom stereocenters. The summed E-state index contributed by atoms with van der Waals surface area (Å²) in [5.74, 6) is -0.775. The number of nitrogens with one attached hydrogen (secondary N) is 1. The number of hydrogen-bond donors (Lipinski definition) is 3. The van der Waals surface area contributed by atoms with Crippen molar-refractivity contribution in [2.45, 2.75) is 31.2 Å². The Bertz CT molecular complexity index is 2040. The predicted molar refractivity (Wildman–Crippen MR) is 172 cm³/mol. The van der Waals surface area contributed by atoms with Crippen molar-refractivity contribution in [1.29, 1.82) is 0 Å². The molecule has 46 heavy (non-hydrogen) atoms. The van der Waals surface area contributed by atoms with Gasteiger partial charge in [-0.15, -0.1) is 5.10 Å². The molecule has 0 aliphatic heterocycles. The molecule has 0 spiro atoms. The fourth-order valence-electron chi connectivity index (χ4n) is 4.87. The highest BCUT2D eigenvalue weighted by atomic mass is 32.2. The first-order valence-corrected chi connectivity index (χ1v) is 15.3. The minimum atomic E-state index is -1.05. The Morgan fingerprint density at radius 1 is 0.913 bits per heavy atom. The Kier molecular flexibility index (Phi) is 8.65. The van der Waals surface area contributed by atoms with Crippen molar-refractivity contribution in [3.05, 3.63) is 107 Å². The van der Waals surface area contributed by atoms with Gasteiger partial charge in [-0.2, -0.15) is 9.78 Å². The molecule has 6 aromatic rings. The van der Waals surface area contributed by atoms with Gasteiger partial charge >= 0.3 is 5.97 Å². The number of thioether (sulfide) groups is 1. The van der Waals surface area contributed by atoms with E-state index in [-0.39, 0.29) is 24.3 Å². The van der Waals surface area contributed by atoms with E-state index in [2.05, 4.69) is 20.8 Å². The molecular formula is C33H29N7O5S. The molecule has 13 heteroatoms. The van der Waals surface area contributed by atoms with Crippen molar-refractivity contribution in [2.24, 2.45) is 0 Å². The summed E-state index contributed by atoms with van der Waals surface area (Å²) >= 11 is 1.42. The maximum absolute atomic E-state index is 13.1. The van der Waals surface area contributed by atoms with Gasteiger partial charge in [-0.25, -0.2) is 4.68 Å². The number of hydrogen-bond acceptors (Lipinski definition) is 9. The molecule has 0 atom stereocenters. The molecule has 0 saturated carbocycles. The van der Waals surface area contributed by atoms with E-state index in [1.807, 2.05) is 74.5 Å². The number of aliphatic carboxylic acids is 1. The summed E-state index contributed by atoms with van der Waals surface area (Å²) in [4.78, 5) is 24.1. The number of nitrogens with zero attached hydrogens (tertiary/aromatic N) is 6. The fourth-order valence-corrected chi connectivity index (χ4v) is 5.84. The van der Waals surface area contributed by atoms with Crippen LogP contribution in [0, 0.1) is 13.8 Å². The summed E-state index contributed by atoms with van der Waals surface area (Å²) in [6.07, 6.45) is -0.257. The van der Waals surface area contributed by atoms with Gasteiger partial charge < -0.3 is 20.3 Å². The fraction of sp³-hybridized carbons (Fsp3) is 0.152. The normalized spacial score (nSPS) is 11.1. The van der Waals surface area contributed by atoms with Crippen LogP contribution in [0.4, 0.5) is 0 Å². The van der Waals surface area contributed by atoms with Crippen LogP contribution in [0.25, 0.3) is 22.1 Å². The number of aromatic hydroxyl groups is 1. The van der Waals surface area contributed by atoms with Crippen LogP contribution >= 0.6 is 11.8 Å². The van der Waals surface area contributed by atoms with Crippen molar-refractivity contribution in [3.8, 4) is 28.8 Å². The molecule has 0 aliphatic carbocycles. The first kappa shape index (κ1) is 30.3. The van der Waals surface area contributed by atoms with Crippen molar-refractivity contribution < 1.29 is 24.5 Å². The summed E-state index contributed by atoms with van der Waals surface area (Å²) in [6, 6.07) is 25.9. The molecule has 0 fully saturated rings. The number of fused-ring (bicyclic) bond motifs is 1. The Hall–Kier alpha value is -5.69. The van der Waals surface area contributed by atoms with Gasteiger partial charge in [0.15, 0.2) is 0 Å². The third kappa shape index (κ3) is 6.26. The number of carboxylic acid groups (broad SMARTS) is 1. The second-order valence-electron chi connectivity index (χ2n) is 10.4. The molecule has 0 radical (unpaired) electrons. The average molecular weight is 636 g/mol. The second kappa shape index (κ2) is 13.1. The summed E-state index contributed by atoms with van der Waals surface area (Å²) in [6.45, 7) is 3.80. The molecule has 12 nitrogen and oxygen atoms in total. The van der Waals surface area contributed by atoms with Crippen molar-refractivity contribution in [3.63, 3.8) is 0 Å². The summed E-state index contributed by atoms with van der Waals surface area (Å²) in [7, 11) is 0. The first-order chi connectivity index (χ1) is 22.3. The number of aromatic nitrogens is 6. The van der Waals surface area contributed by atoms with E-state index in [1.165, 1.54) is 17.8 Å². The molecule has 1 amide bonds. The Balaban J connectivity index is 1.42. The van der Waals surface area contributed by atoms with E-state index in [0.717, 1.165) is 28.2 Å². The minimum absolute atomic E-state index is 0.0461. The number of carbonyl (C=O) groups excluding carboxylic acids is 1. The molecule has 232 valence electrons. The maximum Gasteiger partial charge on any atom is 0.305 e. The van der Waals surface area contributed by atoms with Gasteiger partial charge in [0, 0.05) is 28.6 Å². The lowest BCUT2D eigenvalue weighted by Crippen LogP contribution is -2.26. The lowest BCUT2D eigenvalue weighted by atomic mass is 10.0. The number of amides is 1. The minimum Gasteiger partial charge on any atom is -0.506 e. The topological polar surface area (TPSA) is 157 Å². The van der Waals surface area contributed by atoms with Crippen molar-refractivity contribution in [2.75, 3.05) is 6.54 Å². The zero-order valence-corrected chi connectivity index (χ0v) is 25.7. The Labute approximate surface area is 267 Å². The number of para-hydroxylation sites is 1. The molecule has 0 aliphatic rings. The van der Waals surface area contributed by atoms with Gasteiger partial charge in [-0.3, -0.25) is 9.59 Å². The van der Waals surface area contributed by atoms with Crippen LogP contribution in [0.15, 0.2) is 90.1 Å². The number of phenolic OH excluding ortho intramolecular Hbond substituents is 1. The summed E-state index contributed by atoms with van der Waals surface area (Å²) in [5, 5.41) is 41.3. The third-order valence-electron chi connectivity index (χ3n) is 7.26. The van der Waals surface area contributed by atoms with Crippen molar-refractivity contribution in [1.82, 2.24) is 35.3 Å². The van der Waals surface area contributed by atoms with E-state index in [0.29, 0.717) is 33.3 Å². The Morgan fingerprint density at radius 3 is 2.35 bits per heavy atom. The third-order valence-corrected chi connectivity index (χ3v) is 8.20. The highest BCUT2D eigenvalue weighted by Gasteiger charge is 2.24. The van der Waals surface area contributed by atoms with Gasteiger partial charge in [0.05, 0.1) is 29.1 Å². The van der Waals surface area contributed by atoms with E-state index in [4.69, 9.17) is 14.9 Å². The molecule has 6 rings (SSSR count). The van der Waals surface area contributed by atoms with Crippen LogP contribution in [-0.2, 0) is 10.5 Å². The van der Waals surface area contributed by atoms with E-state index < -0.39 is 11.9 Å². The standard InChI is InChI=1S/C33H29N7O5S/c1-20-12-14-23(15-13-20)39-32(27(21(2)36-39)19-46-33-35-37-38-40(33)22-8-4-3-5-9-22)45-28-18-26(31(44)34-17-16-29(41)42)30(43)25-11-7-6-10-24(25)28/h3-15,18,43H,16-17,19H2,1-2H3,(H,34,44)(H,41,42). The highest BCUT2D eigenvalue weighted by molar-refractivity contribution is 7.98. The number of aryl methyl sites for hydroxylation is 2. The van der Waals surface area contributed by atoms with Gasteiger partial charge in [0.25, 0.3) is 5.91 Å². The molecule has 3 N–H and O–H groups in total. The van der Waals surface area contributed by atoms with Gasteiger partial charge in [-0.05, 0) is 54.6 Å². The van der Waals surface area contributed by atoms with Crippen LogP contribution in [0.5, 0.6) is 17.4 Å². The Morgan fingerprint density at radius 2 is 1.61 bits per heavy atom. The van der Waals surface area contributed by atoms with Crippen LogP contribution in [-0.4, -0.2) is 58.6 Å². The summed E-state index contributed by atoms with van der Waals surface area (Å²) < 4.78 is 10.0. The van der Waals surface area contributed by atoms with Gasteiger partial charge in [-0.1, -0.05) is 71.9 Å². The SMILES string of the molecule is Cc1ccc(-n2nc(C)c(CSc3nnnn3-c3ccccc3)c2Oc2cc(C(=O)NCCC(=O)O)c(O)c3ccccc23)cc1. The number of ether oxygens (including phenoxy) is 1. The number of benzene rings is 4. The first-order valence-electron chi connectivity index (χ1n) is 14.3. The number of rotatable bonds is 11. The van der Waals surface area contributed by atoms with Crippen LogP contribution < -0.4 is 10.1 Å². The number of tetrazole rings is 1. The maximum atomic E-state index is 13.1. The van der Waals surface area contributed by atoms with Crippen molar-refractivity contribution >= 4 is 34.4 Å². The molecule has 0 saturated heterocycles. The van der Waals surface area contributed by atoms with E-state index in [9.17, 15) is 14.7 Å². The zero-order chi connectivity index (χ0) is 32.2. The molecule has 2 aromatic heterocycles. The molecular weight excluding hydrogens is 606 g/mol. The second-order valence-corrected chi connectivity index (χ2v) is 11.4. The monoisotopic (exact) mass is 635 g/mol. The van der Waals surface area contributed by atoms with E-state index >= 15 is 0 Å². The quantitative estimate of drug-likeness (QED) is 0.153.